The van der Waals surface area contributed by atoms with Crippen LogP contribution in [0.4, 0.5) is 0 Å². The number of hydrogen-bond acceptors (Lipinski definition) is 5. The first-order valence-electron chi connectivity index (χ1n) is 19.3. The summed E-state index contributed by atoms with van der Waals surface area (Å²) in [6.45, 7) is 38.4. The van der Waals surface area contributed by atoms with Gasteiger partial charge < -0.3 is 23.1 Å². The molecular weight excluding hydrogens is 653 g/mol. The van der Waals surface area contributed by atoms with Crippen LogP contribution in [0.2, 0.25) is 36.3 Å². The average molecular weight is 729 g/mol. The first-order valence-corrected chi connectivity index (χ1v) is 25.1. The maximum Gasteiger partial charge on any atom is 0.193 e. The Kier molecular flexibility index (Phi) is 17.2. The van der Waals surface area contributed by atoms with Crippen molar-refractivity contribution in [2.45, 2.75) is 188 Å². The van der Waals surface area contributed by atoms with Crippen LogP contribution in [0.5, 0.6) is 0 Å². The Labute approximate surface area is 310 Å². The number of allylic oxidation sites excluding steroid dienone is 7. The van der Waals surface area contributed by atoms with Crippen LogP contribution in [0.1, 0.15) is 109 Å². The van der Waals surface area contributed by atoms with Gasteiger partial charge in [-0.25, -0.2) is 0 Å². The van der Waals surface area contributed by atoms with Gasteiger partial charge in [-0.3, -0.25) is 0 Å². The van der Waals surface area contributed by atoms with Crippen molar-refractivity contribution in [1.29, 1.82) is 0 Å². The van der Waals surface area contributed by atoms with Gasteiger partial charge in [-0.1, -0.05) is 121 Å². The van der Waals surface area contributed by atoms with Gasteiger partial charge >= 0.3 is 0 Å². The van der Waals surface area contributed by atoms with Gasteiger partial charge in [0.25, 0.3) is 0 Å². The Morgan fingerprint density at radius 2 is 1.58 bits per heavy atom. The highest BCUT2D eigenvalue weighted by Gasteiger charge is 2.47. The van der Waals surface area contributed by atoms with Crippen LogP contribution in [0.15, 0.2) is 71.9 Å². The molecule has 0 N–H and O–H groups in total. The molecule has 0 aromatic rings. The fraction of sp³-hybridized carbons (Fsp3) is 0.721. The van der Waals surface area contributed by atoms with E-state index in [2.05, 4.69) is 157 Å². The first kappa shape index (κ1) is 44.8. The predicted molar refractivity (Wildman–Crippen MR) is 220 cm³/mol. The second-order valence-corrected chi connectivity index (χ2v) is 27.8. The van der Waals surface area contributed by atoms with Crippen LogP contribution in [0.25, 0.3) is 0 Å². The van der Waals surface area contributed by atoms with Crippen molar-refractivity contribution in [2.75, 3.05) is 0 Å². The average Bonchev–Trinajstić information content (AvgIpc) is 2.96. The molecule has 0 bridgehead atoms. The molecule has 0 spiro atoms. The summed E-state index contributed by atoms with van der Waals surface area (Å²) in [4.78, 5) is 0. The molecule has 2 aliphatic rings. The van der Waals surface area contributed by atoms with Crippen molar-refractivity contribution >= 4 is 16.6 Å². The number of hydrogen-bond donors (Lipinski definition) is 0. The van der Waals surface area contributed by atoms with Gasteiger partial charge in [0.05, 0.1) is 36.6 Å². The zero-order valence-electron chi connectivity index (χ0n) is 35.1. The quantitative estimate of drug-likeness (QED) is 0.0954. The number of rotatable bonds is 15. The molecule has 8 atom stereocenters. The lowest BCUT2D eigenvalue weighted by Gasteiger charge is -2.48. The van der Waals surface area contributed by atoms with Crippen molar-refractivity contribution in [2.24, 2.45) is 11.8 Å². The van der Waals surface area contributed by atoms with Gasteiger partial charge in [-0.15, -0.1) is 0 Å². The number of ether oxygens (including phenoxy) is 3. The topological polar surface area (TPSA) is 46.2 Å². The van der Waals surface area contributed by atoms with Gasteiger partial charge in [0.2, 0.25) is 0 Å². The van der Waals surface area contributed by atoms with Crippen molar-refractivity contribution in [3.63, 3.8) is 0 Å². The standard InChI is InChI=1S/C43H76O5Si2/c1-18-21-37-35(7)39(48-50(16,17)43(11,12)13)30-40(46-37)38(47-49(14,15)42(8,9)10)24-19-22-32(4)28-34(6)29-33(5)26-27-36-23-20-25-41(45-36)44-31(2)3/h18-22,24-27,29,31,34-41H,23,28,30H2,1-17H3/b21-18+,24-19+,27-26+,32-22+,33-29-/t34-,35+,36-,37-,38+,39+,40-,41-/m1/s1. The predicted octanol–water partition coefficient (Wildman–Crippen LogP) is 12.3. The first-order chi connectivity index (χ1) is 23.0. The Balaban J connectivity index is 2.24. The summed E-state index contributed by atoms with van der Waals surface area (Å²) >= 11 is 0. The molecule has 286 valence electrons. The van der Waals surface area contributed by atoms with Crippen molar-refractivity contribution in [3.8, 4) is 0 Å². The van der Waals surface area contributed by atoms with E-state index in [0.717, 1.165) is 19.3 Å². The SMILES string of the molecule is C/C=C/[C@H]1O[C@@H]([C@H](/C=C/C=C(\C)C[C@@H](C)/C=C(C)\C=C\[C@H]2CC=C[C@H](OC(C)C)O2)O[Si](C)(C)C(C)(C)C)C[C@H](O[Si](C)(C)C(C)(C)C)[C@H]1C. The second kappa shape index (κ2) is 19.1. The summed E-state index contributed by atoms with van der Waals surface area (Å²) in [5.74, 6) is 0.678. The summed E-state index contributed by atoms with van der Waals surface area (Å²) in [5.41, 5.74) is 2.59. The van der Waals surface area contributed by atoms with E-state index >= 15 is 0 Å². The molecule has 0 aromatic heterocycles. The fourth-order valence-electron chi connectivity index (χ4n) is 5.92. The van der Waals surface area contributed by atoms with E-state index in [9.17, 15) is 0 Å². The summed E-state index contributed by atoms with van der Waals surface area (Å²) in [5, 5.41) is 0.231. The highest BCUT2D eigenvalue weighted by Crippen LogP contribution is 2.43. The van der Waals surface area contributed by atoms with E-state index < -0.39 is 16.6 Å². The summed E-state index contributed by atoms with van der Waals surface area (Å²) in [6.07, 6.45) is 24.3. The third kappa shape index (κ3) is 14.2. The zero-order valence-corrected chi connectivity index (χ0v) is 37.1. The highest BCUT2D eigenvalue weighted by atomic mass is 28.4. The molecule has 1 fully saturated rings. The van der Waals surface area contributed by atoms with Gasteiger partial charge in [-0.05, 0) is 95.7 Å². The van der Waals surface area contributed by atoms with Gasteiger partial charge in [0, 0.05) is 12.3 Å². The highest BCUT2D eigenvalue weighted by molar-refractivity contribution is 6.74. The van der Waals surface area contributed by atoms with Crippen molar-refractivity contribution in [3.05, 3.63) is 71.9 Å². The molecular formula is C43H76O5Si2. The second-order valence-electron chi connectivity index (χ2n) is 18.3. The Morgan fingerprint density at radius 3 is 2.16 bits per heavy atom. The maximum atomic E-state index is 7.16. The summed E-state index contributed by atoms with van der Waals surface area (Å²) in [6, 6.07) is 0. The zero-order chi connectivity index (χ0) is 38.1. The smallest absolute Gasteiger partial charge is 0.193 e. The third-order valence-corrected chi connectivity index (χ3v) is 19.9. The van der Waals surface area contributed by atoms with E-state index in [1.165, 1.54) is 11.1 Å². The van der Waals surface area contributed by atoms with Gasteiger partial charge in [-0.2, -0.15) is 0 Å². The molecule has 7 heteroatoms. The van der Waals surface area contributed by atoms with Gasteiger partial charge in [0.15, 0.2) is 22.9 Å². The van der Waals surface area contributed by atoms with E-state index in [1.807, 2.05) is 19.9 Å². The maximum absolute atomic E-state index is 7.16. The van der Waals surface area contributed by atoms with Gasteiger partial charge in [0.1, 0.15) is 0 Å². The summed E-state index contributed by atoms with van der Waals surface area (Å²) < 4.78 is 33.1. The van der Waals surface area contributed by atoms with Crippen LogP contribution in [-0.4, -0.2) is 59.5 Å². The molecule has 0 saturated carbocycles. The van der Waals surface area contributed by atoms with E-state index in [4.69, 9.17) is 23.1 Å². The lowest BCUT2D eigenvalue weighted by atomic mass is 9.88. The minimum Gasteiger partial charge on any atom is -0.413 e. The minimum atomic E-state index is -2.10. The monoisotopic (exact) mass is 729 g/mol. The molecule has 2 aliphatic heterocycles. The lowest BCUT2D eigenvalue weighted by Crippen LogP contribution is -2.55. The third-order valence-electron chi connectivity index (χ3n) is 11.0. The van der Waals surface area contributed by atoms with E-state index in [1.54, 1.807) is 0 Å². The van der Waals surface area contributed by atoms with Crippen LogP contribution >= 0.6 is 0 Å². The van der Waals surface area contributed by atoms with Crippen LogP contribution in [0.3, 0.4) is 0 Å². The van der Waals surface area contributed by atoms with Crippen molar-refractivity contribution < 1.29 is 23.1 Å². The molecule has 0 aliphatic carbocycles. The Bertz CT molecular complexity index is 1230. The molecule has 5 nitrogen and oxygen atoms in total. The molecule has 0 unspecified atom stereocenters. The summed E-state index contributed by atoms with van der Waals surface area (Å²) in [7, 11) is -4.08. The molecule has 50 heavy (non-hydrogen) atoms. The van der Waals surface area contributed by atoms with Crippen LogP contribution in [-0.2, 0) is 23.1 Å². The van der Waals surface area contributed by atoms with E-state index in [-0.39, 0.29) is 58.9 Å². The molecule has 0 amide bonds. The van der Waals surface area contributed by atoms with Crippen molar-refractivity contribution in [1.82, 2.24) is 0 Å². The van der Waals surface area contributed by atoms with Crippen LogP contribution < -0.4 is 0 Å². The van der Waals surface area contributed by atoms with E-state index in [0.29, 0.717) is 5.92 Å². The normalized spacial score (nSPS) is 28.0. The molecule has 2 rings (SSSR count). The largest absolute Gasteiger partial charge is 0.413 e. The molecule has 2 heterocycles. The fourth-order valence-corrected chi connectivity index (χ4v) is 8.60. The Morgan fingerprint density at radius 1 is 0.940 bits per heavy atom. The molecule has 0 aromatic carbocycles. The van der Waals surface area contributed by atoms with Crippen LogP contribution in [0, 0.1) is 11.8 Å². The molecule has 0 radical (unpaired) electrons. The minimum absolute atomic E-state index is 0.00872. The molecule has 1 saturated heterocycles. The Hall–Kier alpha value is -1.33. The lowest BCUT2D eigenvalue weighted by molar-refractivity contribution is -0.154.